The first kappa shape index (κ1) is 18.9. The van der Waals surface area contributed by atoms with Gasteiger partial charge < -0.3 is 5.32 Å². The average Bonchev–Trinajstić information content (AvgIpc) is 3.09. The molecule has 1 aliphatic heterocycles. The lowest BCUT2D eigenvalue weighted by molar-refractivity contribution is -0.137. The van der Waals surface area contributed by atoms with Gasteiger partial charge in [-0.05, 0) is 29.6 Å². The topological polar surface area (TPSA) is 35.6 Å². The van der Waals surface area contributed by atoms with E-state index in [2.05, 4.69) is 21.7 Å². The number of nitrogens with one attached hydrogen (secondary N) is 1. The monoisotopic (exact) mass is 383 g/mol. The molecule has 1 saturated heterocycles. The van der Waals surface area contributed by atoms with E-state index in [0.29, 0.717) is 0 Å². The maximum absolute atomic E-state index is 12.7. The average molecular weight is 383 g/mol. The third-order valence-electron chi connectivity index (χ3n) is 4.27. The molecule has 1 aromatic carbocycles. The number of benzene rings is 1. The summed E-state index contributed by atoms with van der Waals surface area (Å²) in [5.74, 6) is -0.295. The van der Waals surface area contributed by atoms with Crippen LogP contribution >= 0.6 is 11.3 Å². The van der Waals surface area contributed by atoms with E-state index in [1.54, 1.807) is 11.3 Å². The second-order valence-electron chi connectivity index (χ2n) is 6.26. The summed E-state index contributed by atoms with van der Waals surface area (Å²) in [6, 6.07) is 8.85. The number of piperazine rings is 1. The lowest BCUT2D eigenvalue weighted by Crippen LogP contribution is -2.48. The minimum atomic E-state index is -4.42. The number of carbonyl (C=O) groups excluding carboxylic acids is 1. The summed E-state index contributed by atoms with van der Waals surface area (Å²) < 4.78 is 38.2. The number of anilines is 1. The molecule has 3 rings (SSSR count). The van der Waals surface area contributed by atoms with Crippen LogP contribution in [0.4, 0.5) is 18.9 Å². The summed E-state index contributed by atoms with van der Waals surface area (Å²) in [5, 5.41) is 4.62. The van der Waals surface area contributed by atoms with E-state index in [0.717, 1.165) is 44.9 Å². The molecule has 26 heavy (non-hydrogen) atoms. The fourth-order valence-electron chi connectivity index (χ4n) is 2.91. The Morgan fingerprint density at radius 1 is 1.08 bits per heavy atom. The molecule has 1 aromatic heterocycles. The number of halogens is 3. The molecule has 1 N–H and O–H groups in total. The Balaban J connectivity index is 1.46. The van der Waals surface area contributed by atoms with Gasteiger partial charge >= 0.3 is 6.18 Å². The summed E-state index contributed by atoms with van der Waals surface area (Å²) in [4.78, 5) is 17.8. The van der Waals surface area contributed by atoms with Crippen molar-refractivity contribution < 1.29 is 18.0 Å². The number of amides is 1. The Bertz CT molecular complexity index is 726. The summed E-state index contributed by atoms with van der Waals surface area (Å²) in [5.41, 5.74) is -0.598. The van der Waals surface area contributed by atoms with Crippen LogP contribution in [0.2, 0.25) is 0 Å². The normalized spacial score (nSPS) is 16.6. The van der Waals surface area contributed by atoms with Gasteiger partial charge in [-0.1, -0.05) is 12.1 Å². The number of thiophene rings is 1. The van der Waals surface area contributed by atoms with Gasteiger partial charge in [0.1, 0.15) is 0 Å². The van der Waals surface area contributed by atoms with Crippen molar-refractivity contribution >= 4 is 22.9 Å². The molecule has 0 atom stereocenters. The first-order chi connectivity index (χ1) is 12.4. The largest absolute Gasteiger partial charge is 0.416 e. The second-order valence-corrected chi connectivity index (χ2v) is 7.29. The van der Waals surface area contributed by atoms with Crippen molar-refractivity contribution in [3.05, 3.63) is 52.2 Å². The van der Waals surface area contributed by atoms with Crippen LogP contribution in [0.3, 0.4) is 0 Å². The van der Waals surface area contributed by atoms with E-state index in [9.17, 15) is 18.0 Å². The molecule has 2 heterocycles. The minimum absolute atomic E-state index is 0.168. The van der Waals surface area contributed by atoms with E-state index >= 15 is 0 Å². The van der Waals surface area contributed by atoms with Crippen molar-refractivity contribution in [1.29, 1.82) is 0 Å². The van der Waals surface area contributed by atoms with Gasteiger partial charge in [0.15, 0.2) is 0 Å². The predicted molar refractivity (Wildman–Crippen MR) is 96.1 cm³/mol. The zero-order valence-electron chi connectivity index (χ0n) is 14.1. The Hall–Kier alpha value is -1.90. The molecule has 1 amide bonds. The highest BCUT2D eigenvalue weighted by Crippen LogP contribution is 2.30. The first-order valence-electron chi connectivity index (χ1n) is 8.34. The third-order valence-corrected chi connectivity index (χ3v) is 5.13. The number of alkyl halides is 3. The number of carbonyl (C=O) groups is 1. The first-order valence-corrected chi connectivity index (χ1v) is 9.22. The van der Waals surface area contributed by atoms with Crippen molar-refractivity contribution in [2.75, 3.05) is 38.0 Å². The number of rotatable bonds is 5. The molecule has 0 bridgehead atoms. The molecule has 140 valence electrons. The Morgan fingerprint density at radius 2 is 1.81 bits per heavy atom. The Kier molecular flexibility index (Phi) is 5.95. The van der Waals surface area contributed by atoms with Crippen molar-refractivity contribution in [3.63, 3.8) is 0 Å². The van der Waals surface area contributed by atoms with E-state index < -0.39 is 11.7 Å². The van der Waals surface area contributed by atoms with E-state index in [1.165, 1.54) is 17.0 Å². The quantitative estimate of drug-likeness (QED) is 0.858. The Morgan fingerprint density at radius 3 is 2.46 bits per heavy atom. The van der Waals surface area contributed by atoms with Gasteiger partial charge in [-0.15, -0.1) is 11.3 Å². The van der Waals surface area contributed by atoms with E-state index in [4.69, 9.17) is 0 Å². The van der Waals surface area contributed by atoms with Crippen LogP contribution in [0.25, 0.3) is 0 Å². The number of hydrogen-bond acceptors (Lipinski definition) is 4. The molecule has 1 aliphatic rings. The molecule has 0 aliphatic carbocycles. The molecule has 1 fully saturated rings. The van der Waals surface area contributed by atoms with Crippen molar-refractivity contribution in [3.8, 4) is 0 Å². The lowest BCUT2D eigenvalue weighted by Gasteiger charge is -2.34. The van der Waals surface area contributed by atoms with Crippen molar-refractivity contribution in [1.82, 2.24) is 9.80 Å². The fraction of sp³-hybridized carbons (Fsp3) is 0.389. The van der Waals surface area contributed by atoms with Crippen LogP contribution in [0.15, 0.2) is 41.8 Å². The van der Waals surface area contributed by atoms with Gasteiger partial charge in [0.2, 0.25) is 5.91 Å². The van der Waals surface area contributed by atoms with Crippen LogP contribution in [0.1, 0.15) is 10.4 Å². The van der Waals surface area contributed by atoms with Crippen LogP contribution in [-0.4, -0.2) is 48.4 Å². The maximum Gasteiger partial charge on any atom is 0.416 e. The maximum atomic E-state index is 12.7. The summed E-state index contributed by atoms with van der Waals surface area (Å²) in [7, 11) is 0. The molecular formula is C18H20F3N3OS. The zero-order chi connectivity index (χ0) is 18.6. The third kappa shape index (κ3) is 5.30. The van der Waals surface area contributed by atoms with Crippen molar-refractivity contribution in [2.24, 2.45) is 0 Å². The van der Waals surface area contributed by atoms with Gasteiger partial charge in [0.25, 0.3) is 0 Å². The summed E-state index contributed by atoms with van der Waals surface area (Å²) >= 11 is 1.73. The number of hydrogen-bond donors (Lipinski definition) is 1. The van der Waals surface area contributed by atoms with Gasteiger partial charge in [-0.2, -0.15) is 13.2 Å². The van der Waals surface area contributed by atoms with Gasteiger partial charge in [0, 0.05) is 43.3 Å². The summed E-state index contributed by atoms with van der Waals surface area (Å²) in [6.07, 6.45) is -4.42. The minimum Gasteiger partial charge on any atom is -0.325 e. The smallest absolute Gasteiger partial charge is 0.325 e. The molecule has 4 nitrogen and oxygen atoms in total. The van der Waals surface area contributed by atoms with Crippen LogP contribution in [0.5, 0.6) is 0 Å². The predicted octanol–water partition coefficient (Wildman–Crippen LogP) is 3.52. The zero-order valence-corrected chi connectivity index (χ0v) is 14.9. The fourth-order valence-corrected chi connectivity index (χ4v) is 3.65. The van der Waals surface area contributed by atoms with Crippen molar-refractivity contribution in [2.45, 2.75) is 12.7 Å². The highest BCUT2D eigenvalue weighted by atomic mass is 32.1. The molecular weight excluding hydrogens is 363 g/mol. The van der Waals surface area contributed by atoms with Crippen LogP contribution < -0.4 is 5.32 Å². The standard InChI is InChI=1S/C18H20F3N3OS/c19-18(20,21)14-3-1-4-15(11-14)22-17(25)13-24-8-6-23(7-9-24)12-16-5-2-10-26-16/h1-5,10-11H,6-9,12-13H2,(H,22,25). The van der Waals surface area contributed by atoms with Gasteiger partial charge in [-0.25, -0.2) is 0 Å². The molecule has 8 heteroatoms. The molecule has 0 radical (unpaired) electrons. The lowest BCUT2D eigenvalue weighted by atomic mass is 10.2. The highest BCUT2D eigenvalue weighted by molar-refractivity contribution is 7.09. The van der Waals surface area contributed by atoms with E-state index in [1.807, 2.05) is 11.0 Å². The molecule has 0 spiro atoms. The van der Waals surface area contributed by atoms with Crippen LogP contribution in [0, 0.1) is 0 Å². The Labute approximate surface area is 154 Å². The summed E-state index contributed by atoms with van der Waals surface area (Å²) in [6.45, 7) is 4.37. The number of nitrogens with zero attached hydrogens (tertiary/aromatic N) is 2. The molecule has 2 aromatic rings. The van der Waals surface area contributed by atoms with E-state index in [-0.39, 0.29) is 18.1 Å². The highest BCUT2D eigenvalue weighted by Gasteiger charge is 2.30. The molecule has 0 unspecified atom stereocenters. The van der Waals surface area contributed by atoms with Gasteiger partial charge in [-0.3, -0.25) is 14.6 Å². The molecule has 0 saturated carbocycles. The SMILES string of the molecule is O=C(CN1CCN(Cc2cccs2)CC1)Nc1cccc(C(F)(F)F)c1. The second kappa shape index (κ2) is 8.20. The van der Waals surface area contributed by atoms with Gasteiger partial charge in [0.05, 0.1) is 12.1 Å². The van der Waals surface area contributed by atoms with Crippen LogP contribution in [-0.2, 0) is 17.5 Å².